The van der Waals surface area contributed by atoms with Crippen LogP contribution in [0.15, 0.2) is 60.7 Å². The summed E-state index contributed by atoms with van der Waals surface area (Å²) >= 11 is 0. The van der Waals surface area contributed by atoms with Crippen molar-refractivity contribution < 1.29 is 0 Å². The van der Waals surface area contributed by atoms with Gasteiger partial charge in [-0.05, 0) is 34.2 Å². The maximum absolute atomic E-state index is 2.28. The fourth-order valence-electron chi connectivity index (χ4n) is 3.25. The zero-order valence-corrected chi connectivity index (χ0v) is 10.1. The number of benzene rings is 2. The van der Waals surface area contributed by atoms with Crippen LogP contribution in [0.5, 0.6) is 0 Å². The van der Waals surface area contributed by atoms with Crippen molar-refractivity contribution in [2.24, 2.45) is 0 Å². The molecule has 0 aromatic heterocycles. The van der Waals surface area contributed by atoms with Crippen molar-refractivity contribution in [2.45, 2.75) is 12.3 Å². The highest BCUT2D eigenvalue weighted by atomic mass is 14.3. The van der Waals surface area contributed by atoms with Gasteiger partial charge in [0.05, 0.1) is 0 Å². The standard InChI is InChI=1S/C18H14/c1-2-7-13-8-6-12-17-15-10-5-4-9-14(15)16(11-3-1)18(13)17/h1-10,12,16H,11H2. The zero-order chi connectivity index (χ0) is 11.9. The summed E-state index contributed by atoms with van der Waals surface area (Å²) in [5.41, 5.74) is 7.22. The third-order valence-electron chi connectivity index (χ3n) is 4.01. The van der Waals surface area contributed by atoms with Gasteiger partial charge in [0.1, 0.15) is 0 Å². The van der Waals surface area contributed by atoms with Crippen LogP contribution in [0, 0.1) is 0 Å². The fraction of sp³-hybridized carbons (Fsp3) is 0.111. The van der Waals surface area contributed by atoms with Gasteiger partial charge < -0.3 is 0 Å². The van der Waals surface area contributed by atoms with Crippen molar-refractivity contribution in [3.05, 3.63) is 77.4 Å². The van der Waals surface area contributed by atoms with E-state index in [0.29, 0.717) is 5.92 Å². The van der Waals surface area contributed by atoms with Gasteiger partial charge in [0, 0.05) is 5.92 Å². The highest BCUT2D eigenvalue weighted by molar-refractivity contribution is 5.83. The topological polar surface area (TPSA) is 0 Å². The molecule has 2 aliphatic carbocycles. The molecule has 0 saturated carbocycles. The van der Waals surface area contributed by atoms with E-state index in [2.05, 4.69) is 66.8 Å². The van der Waals surface area contributed by atoms with E-state index in [1.54, 1.807) is 0 Å². The number of allylic oxidation sites excluding steroid dienone is 3. The molecule has 0 bridgehead atoms. The lowest BCUT2D eigenvalue weighted by molar-refractivity contribution is 0.851. The van der Waals surface area contributed by atoms with Gasteiger partial charge in [-0.15, -0.1) is 0 Å². The zero-order valence-electron chi connectivity index (χ0n) is 10.1. The molecule has 0 heterocycles. The summed E-state index contributed by atoms with van der Waals surface area (Å²) in [6.45, 7) is 0. The van der Waals surface area contributed by atoms with E-state index in [-0.39, 0.29) is 0 Å². The molecular weight excluding hydrogens is 216 g/mol. The molecule has 86 valence electrons. The van der Waals surface area contributed by atoms with Gasteiger partial charge in [-0.25, -0.2) is 0 Å². The Bertz CT molecular complexity index is 674. The second kappa shape index (κ2) is 3.71. The van der Waals surface area contributed by atoms with Gasteiger partial charge in [-0.1, -0.05) is 66.8 Å². The lowest BCUT2D eigenvalue weighted by Gasteiger charge is -2.15. The Hall–Kier alpha value is -2.08. The van der Waals surface area contributed by atoms with Crippen molar-refractivity contribution >= 4 is 6.08 Å². The van der Waals surface area contributed by atoms with Crippen LogP contribution in [0.1, 0.15) is 29.0 Å². The Morgan fingerprint density at radius 1 is 0.833 bits per heavy atom. The lowest BCUT2D eigenvalue weighted by atomic mass is 9.89. The van der Waals surface area contributed by atoms with E-state index >= 15 is 0 Å². The first-order valence-electron chi connectivity index (χ1n) is 6.50. The van der Waals surface area contributed by atoms with Crippen molar-refractivity contribution in [3.63, 3.8) is 0 Å². The Labute approximate surface area is 107 Å². The second-order valence-electron chi connectivity index (χ2n) is 4.97. The maximum atomic E-state index is 2.28. The van der Waals surface area contributed by atoms with E-state index in [9.17, 15) is 0 Å². The lowest BCUT2D eigenvalue weighted by Crippen LogP contribution is -1.98. The van der Waals surface area contributed by atoms with E-state index in [1.807, 2.05) is 0 Å². The smallest absolute Gasteiger partial charge is 0.0142 e. The van der Waals surface area contributed by atoms with E-state index < -0.39 is 0 Å². The summed E-state index contributed by atoms with van der Waals surface area (Å²) < 4.78 is 0. The van der Waals surface area contributed by atoms with Crippen molar-refractivity contribution in [1.82, 2.24) is 0 Å². The molecule has 0 amide bonds. The minimum atomic E-state index is 0.536. The molecule has 0 saturated heterocycles. The van der Waals surface area contributed by atoms with E-state index in [0.717, 1.165) is 6.42 Å². The normalized spacial score (nSPS) is 19.0. The van der Waals surface area contributed by atoms with Crippen molar-refractivity contribution in [2.75, 3.05) is 0 Å². The molecule has 0 fully saturated rings. The number of hydrogen-bond acceptors (Lipinski definition) is 0. The first-order chi connectivity index (χ1) is 8.95. The highest BCUT2D eigenvalue weighted by Crippen LogP contribution is 2.48. The largest absolute Gasteiger partial charge is 0.0836 e. The predicted molar refractivity (Wildman–Crippen MR) is 76.5 cm³/mol. The summed E-state index contributed by atoms with van der Waals surface area (Å²) in [5, 5.41) is 0. The van der Waals surface area contributed by atoms with Gasteiger partial charge in [0.15, 0.2) is 0 Å². The van der Waals surface area contributed by atoms with Crippen LogP contribution >= 0.6 is 0 Å². The third-order valence-corrected chi connectivity index (χ3v) is 4.01. The Morgan fingerprint density at radius 2 is 1.72 bits per heavy atom. The molecule has 0 spiro atoms. The molecule has 18 heavy (non-hydrogen) atoms. The van der Waals surface area contributed by atoms with Crippen LogP contribution in [0.25, 0.3) is 17.2 Å². The van der Waals surface area contributed by atoms with Crippen LogP contribution in [-0.4, -0.2) is 0 Å². The van der Waals surface area contributed by atoms with Crippen molar-refractivity contribution in [1.29, 1.82) is 0 Å². The Kier molecular flexibility index (Phi) is 2.04. The van der Waals surface area contributed by atoms with Gasteiger partial charge in [0.25, 0.3) is 0 Å². The number of rotatable bonds is 0. The van der Waals surface area contributed by atoms with Crippen LogP contribution < -0.4 is 0 Å². The molecule has 1 unspecified atom stereocenters. The van der Waals surface area contributed by atoms with Crippen LogP contribution in [0.4, 0.5) is 0 Å². The Morgan fingerprint density at radius 3 is 2.72 bits per heavy atom. The molecule has 2 aliphatic rings. The minimum absolute atomic E-state index is 0.536. The highest BCUT2D eigenvalue weighted by Gasteiger charge is 2.29. The van der Waals surface area contributed by atoms with Gasteiger partial charge in [-0.3, -0.25) is 0 Å². The predicted octanol–water partition coefficient (Wildman–Crippen LogP) is 4.77. The molecule has 2 aromatic rings. The fourth-order valence-corrected chi connectivity index (χ4v) is 3.25. The minimum Gasteiger partial charge on any atom is -0.0836 e. The summed E-state index contributed by atoms with van der Waals surface area (Å²) in [7, 11) is 0. The third kappa shape index (κ3) is 1.26. The van der Waals surface area contributed by atoms with E-state index in [4.69, 9.17) is 0 Å². The SMILES string of the molecule is C1=CCC2c3ccccc3-c3cccc(c32)C=C1. The molecular formula is C18H14. The average molecular weight is 230 g/mol. The first-order valence-corrected chi connectivity index (χ1v) is 6.50. The molecule has 0 aliphatic heterocycles. The second-order valence-corrected chi connectivity index (χ2v) is 4.97. The summed E-state index contributed by atoms with van der Waals surface area (Å²) in [6.07, 6.45) is 9.92. The van der Waals surface area contributed by atoms with Gasteiger partial charge >= 0.3 is 0 Å². The number of fused-ring (bicyclic) bond motifs is 3. The molecule has 0 radical (unpaired) electrons. The van der Waals surface area contributed by atoms with Gasteiger partial charge in [-0.2, -0.15) is 0 Å². The summed E-state index contributed by atoms with van der Waals surface area (Å²) in [4.78, 5) is 0. The monoisotopic (exact) mass is 230 g/mol. The Balaban J connectivity index is 2.08. The maximum Gasteiger partial charge on any atom is 0.0142 e. The van der Waals surface area contributed by atoms with Crippen molar-refractivity contribution in [3.8, 4) is 11.1 Å². The number of hydrogen-bond donors (Lipinski definition) is 0. The first kappa shape index (κ1) is 9.90. The molecule has 4 rings (SSSR count). The molecule has 1 atom stereocenters. The average Bonchev–Trinajstić information content (AvgIpc) is 2.70. The van der Waals surface area contributed by atoms with E-state index in [1.165, 1.54) is 27.8 Å². The molecule has 2 aromatic carbocycles. The molecule has 0 N–H and O–H groups in total. The van der Waals surface area contributed by atoms with Gasteiger partial charge in [0.2, 0.25) is 0 Å². The molecule has 0 heteroatoms. The van der Waals surface area contributed by atoms with Crippen LogP contribution in [-0.2, 0) is 0 Å². The van der Waals surface area contributed by atoms with Crippen LogP contribution in [0.2, 0.25) is 0 Å². The summed E-state index contributed by atoms with van der Waals surface area (Å²) in [5.74, 6) is 0.536. The summed E-state index contributed by atoms with van der Waals surface area (Å²) in [6, 6.07) is 15.5. The quantitative estimate of drug-likeness (QED) is 0.611. The molecule has 0 nitrogen and oxygen atoms in total. The van der Waals surface area contributed by atoms with Crippen LogP contribution in [0.3, 0.4) is 0 Å².